The molecular weight excluding hydrogens is 605 g/mol. The monoisotopic (exact) mass is 637 g/mol. The van der Waals surface area contributed by atoms with Crippen LogP contribution in [0.1, 0.15) is 44.7 Å². The van der Waals surface area contributed by atoms with Crippen LogP contribution in [0.15, 0.2) is 71.6 Å². The van der Waals surface area contributed by atoms with Gasteiger partial charge in [-0.2, -0.15) is 0 Å². The average Bonchev–Trinajstić information content (AvgIpc) is 2.95. The minimum atomic E-state index is -4.21. The van der Waals surface area contributed by atoms with Gasteiger partial charge in [0.15, 0.2) is 0 Å². The van der Waals surface area contributed by atoms with Crippen molar-refractivity contribution in [1.82, 2.24) is 10.2 Å². The van der Waals surface area contributed by atoms with Crippen LogP contribution in [0, 0.1) is 6.92 Å². The fraction of sp³-hybridized carbons (Fsp3) is 0.333. The number of carbonyl (C=O) groups excluding carboxylic acids is 2. The molecule has 0 aliphatic carbocycles. The van der Waals surface area contributed by atoms with E-state index in [2.05, 4.69) is 5.32 Å². The summed E-state index contributed by atoms with van der Waals surface area (Å²) in [6.07, 6.45) is 0.974. The summed E-state index contributed by atoms with van der Waals surface area (Å²) in [5.41, 5.74) is 1.20. The van der Waals surface area contributed by atoms with Gasteiger partial charge < -0.3 is 10.2 Å². The molecule has 1 N–H and O–H groups in total. The Kier molecular flexibility index (Phi) is 11.5. The third-order valence-electron chi connectivity index (χ3n) is 6.89. The molecule has 3 aromatic rings. The average molecular weight is 639 g/mol. The Morgan fingerprint density at radius 1 is 0.854 bits per heavy atom. The number of rotatable bonds is 12. The Labute approximate surface area is 257 Å². The largest absolute Gasteiger partial charge is 0.352 e. The van der Waals surface area contributed by atoms with Gasteiger partial charge in [-0.15, -0.1) is 0 Å². The van der Waals surface area contributed by atoms with Crippen molar-refractivity contribution in [3.8, 4) is 0 Å². The number of hydrogen-bond acceptors (Lipinski definition) is 4. The van der Waals surface area contributed by atoms with Crippen LogP contribution in [0.4, 0.5) is 5.69 Å². The second kappa shape index (κ2) is 14.4. The summed E-state index contributed by atoms with van der Waals surface area (Å²) in [6.45, 7) is 6.60. The zero-order valence-corrected chi connectivity index (χ0v) is 26.5. The first-order chi connectivity index (χ1) is 19.4. The fourth-order valence-corrected chi connectivity index (χ4v) is 6.49. The van der Waals surface area contributed by atoms with Crippen molar-refractivity contribution in [2.24, 2.45) is 0 Å². The highest BCUT2D eigenvalue weighted by Gasteiger charge is 2.35. The van der Waals surface area contributed by atoms with E-state index >= 15 is 0 Å². The van der Waals surface area contributed by atoms with Crippen LogP contribution in [-0.2, 0) is 26.2 Å². The molecule has 0 saturated heterocycles. The van der Waals surface area contributed by atoms with Gasteiger partial charge in [-0.3, -0.25) is 13.9 Å². The van der Waals surface area contributed by atoms with Crippen LogP contribution in [-0.4, -0.2) is 43.8 Å². The number of hydrogen-bond donors (Lipinski definition) is 1. The van der Waals surface area contributed by atoms with E-state index < -0.39 is 28.5 Å². The van der Waals surface area contributed by atoms with Gasteiger partial charge in [0.1, 0.15) is 12.6 Å². The molecule has 41 heavy (non-hydrogen) atoms. The van der Waals surface area contributed by atoms with E-state index in [4.69, 9.17) is 34.8 Å². The maximum Gasteiger partial charge on any atom is 0.264 e. The van der Waals surface area contributed by atoms with Gasteiger partial charge in [0.25, 0.3) is 10.0 Å². The number of amides is 2. The topological polar surface area (TPSA) is 86.8 Å². The molecule has 11 heteroatoms. The van der Waals surface area contributed by atoms with Gasteiger partial charge in [-0.25, -0.2) is 8.42 Å². The summed E-state index contributed by atoms with van der Waals surface area (Å²) in [5, 5.41) is 3.94. The predicted octanol–water partition coefficient (Wildman–Crippen LogP) is 6.87. The lowest BCUT2D eigenvalue weighted by Crippen LogP contribution is -2.53. The standard InChI is InChI=1S/C30H34Cl3N3O4S/c1-5-20(3)34-30(38)27(6-2)35(18-23-25(32)15-10-16-26(23)33)29(37)19-36(28-17-11-14-24(31)21(28)4)41(39,40)22-12-8-7-9-13-22/h7-17,20,27H,5-6,18-19H2,1-4H3,(H,34,38)/t20-,27-/m0/s1. The van der Waals surface area contributed by atoms with Crippen LogP contribution in [0.3, 0.4) is 0 Å². The maximum absolute atomic E-state index is 14.2. The molecule has 3 rings (SSSR count). The smallest absolute Gasteiger partial charge is 0.264 e. The lowest BCUT2D eigenvalue weighted by molar-refractivity contribution is -0.140. The molecule has 0 fully saturated rings. The quantitative estimate of drug-likeness (QED) is 0.235. The second-order valence-electron chi connectivity index (χ2n) is 9.67. The first-order valence-corrected chi connectivity index (χ1v) is 15.8. The van der Waals surface area contributed by atoms with Crippen LogP contribution >= 0.6 is 34.8 Å². The highest BCUT2D eigenvalue weighted by atomic mass is 35.5. The molecule has 0 aromatic heterocycles. The molecule has 3 aromatic carbocycles. The molecule has 0 radical (unpaired) electrons. The minimum absolute atomic E-state index is 0.00873. The van der Waals surface area contributed by atoms with Crippen molar-refractivity contribution in [2.45, 2.75) is 64.1 Å². The molecular formula is C30H34Cl3N3O4S. The molecule has 0 spiro atoms. The predicted molar refractivity (Wildman–Crippen MR) is 166 cm³/mol. The zero-order chi connectivity index (χ0) is 30.3. The zero-order valence-electron chi connectivity index (χ0n) is 23.4. The molecule has 0 unspecified atom stereocenters. The van der Waals surface area contributed by atoms with Gasteiger partial charge in [-0.1, -0.05) is 79.0 Å². The summed E-state index contributed by atoms with van der Waals surface area (Å²) in [4.78, 5) is 29.0. The van der Waals surface area contributed by atoms with Gasteiger partial charge in [0.05, 0.1) is 10.6 Å². The van der Waals surface area contributed by atoms with Crippen molar-refractivity contribution in [3.63, 3.8) is 0 Å². The Morgan fingerprint density at radius 2 is 1.44 bits per heavy atom. The summed E-state index contributed by atoms with van der Waals surface area (Å²) in [6, 6.07) is 16.6. The third-order valence-corrected chi connectivity index (χ3v) is 9.79. The molecule has 2 atom stereocenters. The van der Waals surface area contributed by atoms with Gasteiger partial charge in [-0.05, 0) is 68.7 Å². The second-order valence-corrected chi connectivity index (χ2v) is 12.8. The van der Waals surface area contributed by atoms with Crippen LogP contribution in [0.25, 0.3) is 0 Å². The lowest BCUT2D eigenvalue weighted by Gasteiger charge is -2.34. The van der Waals surface area contributed by atoms with Crippen molar-refractivity contribution in [3.05, 3.63) is 92.9 Å². The van der Waals surface area contributed by atoms with Gasteiger partial charge in [0, 0.05) is 33.2 Å². The summed E-state index contributed by atoms with van der Waals surface area (Å²) in [7, 11) is -4.21. The molecule has 2 amide bonds. The molecule has 0 aliphatic rings. The number of halogens is 3. The van der Waals surface area contributed by atoms with E-state index in [9.17, 15) is 18.0 Å². The number of nitrogens with zero attached hydrogens (tertiary/aromatic N) is 2. The molecule has 0 aliphatic heterocycles. The Bertz CT molecular complexity index is 1470. The molecule has 7 nitrogen and oxygen atoms in total. The van der Waals surface area contributed by atoms with Crippen LogP contribution < -0.4 is 9.62 Å². The van der Waals surface area contributed by atoms with E-state index in [1.54, 1.807) is 68.4 Å². The normalized spacial score (nSPS) is 12.9. The highest BCUT2D eigenvalue weighted by Crippen LogP contribution is 2.32. The fourth-order valence-electron chi connectivity index (χ4n) is 4.31. The summed E-state index contributed by atoms with van der Waals surface area (Å²) < 4.78 is 29.0. The minimum Gasteiger partial charge on any atom is -0.352 e. The molecule has 220 valence electrons. The SMILES string of the molecule is CC[C@H](C)NC(=O)[C@H](CC)N(Cc1c(Cl)cccc1Cl)C(=O)CN(c1cccc(Cl)c1C)S(=O)(=O)c1ccccc1. The first-order valence-electron chi connectivity index (χ1n) is 13.3. The number of nitrogens with one attached hydrogen (secondary N) is 1. The summed E-state index contributed by atoms with van der Waals surface area (Å²) in [5.74, 6) is -0.958. The first kappa shape index (κ1) is 32.7. The Morgan fingerprint density at radius 3 is 2.02 bits per heavy atom. The van der Waals surface area contributed by atoms with E-state index in [1.807, 2.05) is 13.8 Å². The van der Waals surface area contributed by atoms with Crippen LogP contribution in [0.2, 0.25) is 15.1 Å². The third kappa shape index (κ3) is 7.74. The lowest BCUT2D eigenvalue weighted by atomic mass is 10.1. The van der Waals surface area contributed by atoms with Gasteiger partial charge in [0.2, 0.25) is 11.8 Å². The molecule has 0 heterocycles. The van der Waals surface area contributed by atoms with Crippen molar-refractivity contribution in [1.29, 1.82) is 0 Å². The van der Waals surface area contributed by atoms with E-state index in [-0.39, 0.29) is 35.5 Å². The maximum atomic E-state index is 14.2. The van der Waals surface area contributed by atoms with Crippen molar-refractivity contribution >= 4 is 62.3 Å². The van der Waals surface area contributed by atoms with Crippen molar-refractivity contribution in [2.75, 3.05) is 10.8 Å². The molecule has 0 bridgehead atoms. The Balaban J connectivity index is 2.13. The van der Waals surface area contributed by atoms with E-state index in [0.717, 1.165) is 4.31 Å². The number of benzene rings is 3. The van der Waals surface area contributed by atoms with Crippen molar-refractivity contribution < 1.29 is 18.0 Å². The summed E-state index contributed by atoms with van der Waals surface area (Å²) >= 11 is 19.3. The highest BCUT2D eigenvalue weighted by molar-refractivity contribution is 7.92. The number of anilines is 1. The van der Waals surface area contributed by atoms with E-state index in [0.29, 0.717) is 32.6 Å². The van der Waals surface area contributed by atoms with Crippen LogP contribution in [0.5, 0.6) is 0 Å². The van der Waals surface area contributed by atoms with Gasteiger partial charge >= 0.3 is 0 Å². The van der Waals surface area contributed by atoms with E-state index in [1.165, 1.54) is 17.0 Å². The molecule has 0 saturated carbocycles. The number of sulfonamides is 1. The number of carbonyl (C=O) groups is 2. The Hall–Kier alpha value is -2.78.